The van der Waals surface area contributed by atoms with E-state index >= 15 is 4.39 Å². The van der Waals surface area contributed by atoms with E-state index in [1.54, 1.807) is 24.4 Å². The Kier molecular flexibility index (Phi) is 9.91. The highest BCUT2D eigenvalue weighted by Crippen LogP contribution is 2.34. The standard InChI is InChI=1S/C26H24ClF2N5O2S.C2HF3O2/c27-19-3-1-2-4-23(19)37(35,36)34-22-12-10-20(28)24(25(22)29)15-5-11-21-16(13-15)14-31-26(33-21)32-18-8-6-17(30)7-9-18;3-2(4,5)1(6)7/h1-5,10-14,17-18,34H,6-9,30H2,(H,31,32,33);(H,6,7). The number of benzene rings is 3. The number of rotatable bonds is 6. The maximum absolute atomic E-state index is 15.5. The smallest absolute Gasteiger partial charge is 0.475 e. The number of carbonyl (C=O) groups is 1. The normalized spacial score (nSPS) is 17.0. The fourth-order valence-corrected chi connectivity index (χ4v) is 6.04. The van der Waals surface area contributed by atoms with Crippen LogP contribution >= 0.6 is 11.6 Å². The minimum Gasteiger partial charge on any atom is -0.475 e. The SMILES string of the molecule is NC1CCC(Nc2ncc3cc(-c4c(F)ccc(NS(=O)(=O)c5ccccc5Cl)c4F)ccc3n2)CC1.O=C(O)C(F)(F)F. The van der Waals surface area contributed by atoms with E-state index in [0.717, 1.165) is 37.8 Å². The van der Waals surface area contributed by atoms with E-state index < -0.39 is 39.5 Å². The van der Waals surface area contributed by atoms with Gasteiger partial charge in [0.15, 0.2) is 5.82 Å². The van der Waals surface area contributed by atoms with E-state index in [2.05, 4.69) is 20.0 Å². The minimum atomic E-state index is -5.08. The number of hydrogen-bond acceptors (Lipinski definition) is 7. The van der Waals surface area contributed by atoms with Crippen LogP contribution in [0.15, 0.2) is 65.7 Å². The molecule has 5 N–H and O–H groups in total. The summed E-state index contributed by atoms with van der Waals surface area (Å²) in [5.41, 5.74) is 6.01. The molecule has 1 saturated carbocycles. The van der Waals surface area contributed by atoms with E-state index in [4.69, 9.17) is 27.2 Å². The Balaban J connectivity index is 0.000000566. The largest absolute Gasteiger partial charge is 0.490 e. The van der Waals surface area contributed by atoms with Gasteiger partial charge in [0.05, 0.1) is 21.8 Å². The van der Waals surface area contributed by atoms with Crippen molar-refractivity contribution in [2.24, 2.45) is 5.73 Å². The van der Waals surface area contributed by atoms with Gasteiger partial charge in [0.25, 0.3) is 10.0 Å². The van der Waals surface area contributed by atoms with Crippen LogP contribution in [0.1, 0.15) is 25.7 Å². The highest BCUT2D eigenvalue weighted by atomic mass is 35.5. The average Bonchev–Trinajstić information content (AvgIpc) is 2.96. The van der Waals surface area contributed by atoms with Crippen LogP contribution in [-0.2, 0) is 14.8 Å². The van der Waals surface area contributed by atoms with Crippen molar-refractivity contribution in [3.05, 3.63) is 77.5 Å². The van der Waals surface area contributed by atoms with Gasteiger partial charge in [0, 0.05) is 23.7 Å². The zero-order valence-corrected chi connectivity index (χ0v) is 24.1. The van der Waals surface area contributed by atoms with Crippen LogP contribution in [0, 0.1) is 11.6 Å². The Labute approximate surface area is 253 Å². The van der Waals surface area contributed by atoms with Crippen LogP contribution < -0.4 is 15.8 Å². The first-order valence-corrected chi connectivity index (χ1v) is 14.9. The Morgan fingerprint density at radius 3 is 2.32 bits per heavy atom. The number of nitrogens with two attached hydrogens (primary N) is 1. The summed E-state index contributed by atoms with van der Waals surface area (Å²) in [6, 6.07) is 13.0. The predicted molar refractivity (Wildman–Crippen MR) is 155 cm³/mol. The summed E-state index contributed by atoms with van der Waals surface area (Å²) in [6.07, 6.45) is 0.272. The van der Waals surface area contributed by atoms with Crippen molar-refractivity contribution in [2.45, 2.75) is 48.8 Å². The number of anilines is 2. The number of fused-ring (bicyclic) bond motifs is 1. The van der Waals surface area contributed by atoms with Crippen molar-refractivity contribution in [2.75, 3.05) is 10.0 Å². The van der Waals surface area contributed by atoms with Crippen LogP contribution in [0.2, 0.25) is 5.02 Å². The van der Waals surface area contributed by atoms with Crippen molar-refractivity contribution in [3.8, 4) is 11.1 Å². The Bertz CT molecular complexity index is 1780. The highest BCUT2D eigenvalue weighted by molar-refractivity contribution is 7.92. The van der Waals surface area contributed by atoms with Crippen molar-refractivity contribution in [1.29, 1.82) is 0 Å². The van der Waals surface area contributed by atoms with Gasteiger partial charge in [-0.05, 0) is 67.6 Å². The summed E-state index contributed by atoms with van der Waals surface area (Å²) in [5.74, 6) is -4.17. The van der Waals surface area contributed by atoms with Crippen LogP contribution in [0.3, 0.4) is 0 Å². The third-order valence-electron chi connectivity index (χ3n) is 6.68. The molecular formula is C28H25ClF5N5O4S. The van der Waals surface area contributed by atoms with E-state index in [1.807, 2.05) is 0 Å². The number of alkyl halides is 3. The van der Waals surface area contributed by atoms with Crippen molar-refractivity contribution in [3.63, 3.8) is 0 Å². The number of aromatic nitrogens is 2. The van der Waals surface area contributed by atoms with Crippen molar-refractivity contribution >= 4 is 50.1 Å². The van der Waals surface area contributed by atoms with E-state index in [0.29, 0.717) is 16.9 Å². The molecule has 0 atom stereocenters. The second-order valence-corrected chi connectivity index (χ2v) is 11.9. The molecule has 0 bridgehead atoms. The first-order valence-electron chi connectivity index (χ1n) is 13.0. The van der Waals surface area contributed by atoms with E-state index in [9.17, 15) is 26.0 Å². The number of nitrogens with one attached hydrogen (secondary N) is 2. The molecule has 5 rings (SSSR count). The van der Waals surface area contributed by atoms with Crippen molar-refractivity contribution < 1.29 is 40.3 Å². The molecule has 1 aliphatic rings. The van der Waals surface area contributed by atoms with Crippen molar-refractivity contribution in [1.82, 2.24) is 9.97 Å². The molecule has 1 aromatic heterocycles. The lowest BCUT2D eigenvalue weighted by Crippen LogP contribution is -2.33. The summed E-state index contributed by atoms with van der Waals surface area (Å²) in [6.45, 7) is 0. The molecule has 0 amide bonds. The van der Waals surface area contributed by atoms with Crippen LogP contribution in [0.5, 0.6) is 0 Å². The van der Waals surface area contributed by atoms with Gasteiger partial charge >= 0.3 is 12.1 Å². The van der Waals surface area contributed by atoms with Crippen LogP contribution in [0.4, 0.5) is 33.6 Å². The number of aliphatic carboxylic acids is 1. The quantitative estimate of drug-likeness (QED) is 0.176. The maximum atomic E-state index is 15.5. The van der Waals surface area contributed by atoms with Gasteiger partial charge in [0.2, 0.25) is 5.95 Å². The zero-order valence-electron chi connectivity index (χ0n) is 22.6. The molecule has 3 aromatic carbocycles. The van der Waals surface area contributed by atoms with Crippen LogP contribution in [0.25, 0.3) is 22.0 Å². The second kappa shape index (κ2) is 13.3. The second-order valence-electron chi connectivity index (χ2n) is 9.85. The molecule has 4 aromatic rings. The topological polar surface area (TPSA) is 147 Å². The molecule has 9 nitrogen and oxygen atoms in total. The molecule has 1 fully saturated rings. The molecule has 1 aliphatic carbocycles. The molecule has 1 heterocycles. The lowest BCUT2D eigenvalue weighted by atomic mass is 9.92. The summed E-state index contributed by atoms with van der Waals surface area (Å²) in [5, 5.41) is 11.0. The Hall–Kier alpha value is -4.08. The predicted octanol–water partition coefficient (Wildman–Crippen LogP) is 6.34. The summed E-state index contributed by atoms with van der Waals surface area (Å²) >= 11 is 6.00. The number of carboxylic acid groups (broad SMARTS) is 1. The van der Waals surface area contributed by atoms with Crippen LogP contribution in [-0.4, -0.2) is 47.7 Å². The fraction of sp³-hybridized carbons (Fsp3) is 0.250. The lowest BCUT2D eigenvalue weighted by Gasteiger charge is -2.26. The number of halogens is 6. The van der Waals surface area contributed by atoms with Gasteiger partial charge in [0.1, 0.15) is 10.7 Å². The molecule has 16 heteroatoms. The van der Waals surface area contributed by atoms with E-state index in [-0.39, 0.29) is 33.1 Å². The number of sulfonamides is 1. The van der Waals surface area contributed by atoms with Gasteiger partial charge in [-0.15, -0.1) is 0 Å². The molecular weight excluding hydrogens is 633 g/mol. The molecule has 0 unspecified atom stereocenters. The Morgan fingerprint density at radius 1 is 1.02 bits per heavy atom. The first kappa shape index (κ1) is 32.8. The third kappa shape index (κ3) is 7.89. The molecule has 0 saturated heterocycles. The highest BCUT2D eigenvalue weighted by Gasteiger charge is 2.38. The summed E-state index contributed by atoms with van der Waals surface area (Å²) < 4.78 is 89.8. The molecule has 234 valence electrons. The lowest BCUT2D eigenvalue weighted by molar-refractivity contribution is -0.192. The minimum absolute atomic E-state index is 0.0202. The Morgan fingerprint density at radius 2 is 1.68 bits per heavy atom. The summed E-state index contributed by atoms with van der Waals surface area (Å²) in [4.78, 5) is 17.6. The average molecular weight is 658 g/mol. The summed E-state index contributed by atoms with van der Waals surface area (Å²) in [7, 11) is -4.21. The molecule has 0 spiro atoms. The monoisotopic (exact) mass is 657 g/mol. The zero-order chi connectivity index (χ0) is 32.2. The van der Waals surface area contributed by atoms with E-state index in [1.165, 1.54) is 24.3 Å². The first-order chi connectivity index (χ1) is 20.7. The number of carboxylic acids is 1. The van der Waals surface area contributed by atoms with Gasteiger partial charge < -0.3 is 16.2 Å². The molecule has 0 radical (unpaired) electrons. The van der Waals surface area contributed by atoms with Gasteiger partial charge in [-0.2, -0.15) is 13.2 Å². The maximum Gasteiger partial charge on any atom is 0.490 e. The molecule has 44 heavy (non-hydrogen) atoms. The molecule has 0 aliphatic heterocycles. The fourth-order valence-electron chi connectivity index (χ4n) is 4.46. The van der Waals surface area contributed by atoms with Gasteiger partial charge in [-0.3, -0.25) is 4.72 Å². The third-order valence-corrected chi connectivity index (χ3v) is 8.54. The number of hydrogen-bond donors (Lipinski definition) is 4. The van der Waals surface area contributed by atoms with Gasteiger partial charge in [-0.25, -0.2) is 32.0 Å². The van der Waals surface area contributed by atoms with Gasteiger partial charge in [-0.1, -0.05) is 29.8 Å². The number of nitrogens with zero attached hydrogens (tertiary/aromatic N) is 2.